The van der Waals surface area contributed by atoms with Crippen LogP contribution >= 0.6 is 0 Å². The minimum atomic E-state index is -3.58. The number of carbonyl (C=O) groups excluding carboxylic acids is 1. The number of anilines is 1. The molecular weight excluding hydrogens is 368 g/mol. The van der Waals surface area contributed by atoms with E-state index in [1.807, 2.05) is 6.92 Å². The van der Waals surface area contributed by atoms with Crippen molar-refractivity contribution < 1.29 is 22.7 Å². The Morgan fingerprint density at radius 1 is 1.04 bits per heavy atom. The lowest BCUT2D eigenvalue weighted by Crippen LogP contribution is -2.41. The number of ether oxygens (including phenoxy) is 2. The van der Waals surface area contributed by atoms with Gasteiger partial charge in [0.25, 0.3) is 0 Å². The number of sulfonamides is 1. The third kappa shape index (κ3) is 6.49. The standard InChI is InChI=1S/C19H24N2O5S/c1-15-4-6-16(7-5-15)21(27(3,23)24)14-19(22)20-12-13-26-18-10-8-17(25-2)9-11-18/h4-11H,12-14H2,1-3H3,(H,20,22). The molecule has 1 amide bonds. The maximum atomic E-state index is 12.1. The number of methoxy groups -OCH3 is 1. The van der Waals surface area contributed by atoms with Crippen LogP contribution in [0.15, 0.2) is 48.5 Å². The van der Waals surface area contributed by atoms with E-state index in [0.29, 0.717) is 11.4 Å². The van der Waals surface area contributed by atoms with Crippen LogP contribution in [0.2, 0.25) is 0 Å². The van der Waals surface area contributed by atoms with Crippen LogP contribution in [-0.4, -0.2) is 47.4 Å². The average molecular weight is 392 g/mol. The van der Waals surface area contributed by atoms with Crippen LogP contribution < -0.4 is 19.1 Å². The number of hydrogen-bond acceptors (Lipinski definition) is 5. The average Bonchev–Trinajstić information content (AvgIpc) is 2.64. The second-order valence-corrected chi connectivity index (χ2v) is 7.89. The molecule has 0 heterocycles. The molecule has 0 atom stereocenters. The Morgan fingerprint density at radius 3 is 2.19 bits per heavy atom. The number of nitrogens with one attached hydrogen (secondary N) is 1. The molecule has 8 heteroatoms. The van der Waals surface area contributed by atoms with Crippen molar-refractivity contribution in [2.75, 3.05) is 37.4 Å². The van der Waals surface area contributed by atoms with Crippen LogP contribution in [0, 0.1) is 6.92 Å². The van der Waals surface area contributed by atoms with Crippen molar-refractivity contribution in [3.8, 4) is 11.5 Å². The fourth-order valence-electron chi connectivity index (χ4n) is 2.33. The molecular formula is C19H24N2O5S. The van der Waals surface area contributed by atoms with E-state index < -0.39 is 15.9 Å². The van der Waals surface area contributed by atoms with Crippen molar-refractivity contribution in [1.29, 1.82) is 0 Å². The summed E-state index contributed by atoms with van der Waals surface area (Å²) in [5.74, 6) is 0.981. The minimum Gasteiger partial charge on any atom is -0.497 e. The first kappa shape index (κ1) is 20.6. The summed E-state index contributed by atoms with van der Waals surface area (Å²) in [7, 11) is -1.99. The number of aryl methyl sites for hydroxylation is 1. The molecule has 0 aromatic heterocycles. The van der Waals surface area contributed by atoms with Crippen molar-refractivity contribution in [3.05, 3.63) is 54.1 Å². The highest BCUT2D eigenvalue weighted by Crippen LogP contribution is 2.18. The molecule has 0 aliphatic rings. The molecule has 0 saturated heterocycles. The summed E-state index contributed by atoms with van der Waals surface area (Å²) in [5, 5.41) is 2.66. The molecule has 2 rings (SSSR count). The maximum Gasteiger partial charge on any atom is 0.240 e. The summed E-state index contributed by atoms with van der Waals surface area (Å²) in [6.45, 7) is 2.15. The summed E-state index contributed by atoms with van der Waals surface area (Å²) in [6.07, 6.45) is 1.08. The van der Waals surface area contributed by atoms with E-state index in [9.17, 15) is 13.2 Å². The zero-order valence-electron chi connectivity index (χ0n) is 15.6. The van der Waals surface area contributed by atoms with Gasteiger partial charge in [0.1, 0.15) is 24.7 Å². The largest absolute Gasteiger partial charge is 0.497 e. The van der Waals surface area contributed by atoms with Crippen LogP contribution in [-0.2, 0) is 14.8 Å². The van der Waals surface area contributed by atoms with Crippen LogP contribution in [0.1, 0.15) is 5.56 Å². The Morgan fingerprint density at radius 2 is 1.63 bits per heavy atom. The lowest BCUT2D eigenvalue weighted by molar-refractivity contribution is -0.119. The fraction of sp³-hybridized carbons (Fsp3) is 0.316. The Bertz CT molecular complexity index is 849. The van der Waals surface area contributed by atoms with Crippen molar-refractivity contribution in [1.82, 2.24) is 5.32 Å². The van der Waals surface area contributed by atoms with Gasteiger partial charge in [-0.15, -0.1) is 0 Å². The first-order chi connectivity index (χ1) is 12.8. The van der Waals surface area contributed by atoms with Gasteiger partial charge < -0.3 is 14.8 Å². The van der Waals surface area contributed by atoms with Crippen molar-refractivity contribution in [3.63, 3.8) is 0 Å². The van der Waals surface area contributed by atoms with Crippen molar-refractivity contribution >= 4 is 21.6 Å². The Kier molecular flexibility index (Phi) is 7.06. The van der Waals surface area contributed by atoms with E-state index >= 15 is 0 Å². The first-order valence-corrected chi connectivity index (χ1v) is 10.2. The molecule has 0 saturated carbocycles. The van der Waals surface area contributed by atoms with E-state index in [1.165, 1.54) is 0 Å². The predicted octanol–water partition coefficient (Wildman–Crippen LogP) is 1.96. The molecule has 27 heavy (non-hydrogen) atoms. The van der Waals surface area contributed by atoms with Crippen LogP contribution in [0.5, 0.6) is 11.5 Å². The second-order valence-electron chi connectivity index (χ2n) is 5.98. The molecule has 0 aliphatic carbocycles. The smallest absolute Gasteiger partial charge is 0.240 e. The van der Waals surface area contributed by atoms with Crippen molar-refractivity contribution in [2.45, 2.75) is 6.92 Å². The van der Waals surface area contributed by atoms with Gasteiger partial charge in [0.2, 0.25) is 15.9 Å². The van der Waals surface area contributed by atoms with Gasteiger partial charge in [0.15, 0.2) is 0 Å². The molecule has 0 unspecified atom stereocenters. The van der Waals surface area contributed by atoms with Crippen molar-refractivity contribution in [2.24, 2.45) is 0 Å². The van der Waals surface area contributed by atoms with Gasteiger partial charge in [-0.3, -0.25) is 9.10 Å². The molecule has 0 bridgehead atoms. The number of benzene rings is 2. The zero-order valence-corrected chi connectivity index (χ0v) is 16.5. The summed E-state index contributed by atoms with van der Waals surface area (Å²) < 4.78 is 35.7. The van der Waals surface area contributed by atoms with E-state index in [1.54, 1.807) is 55.6 Å². The van der Waals surface area contributed by atoms with Gasteiger partial charge >= 0.3 is 0 Å². The molecule has 0 spiro atoms. The number of amides is 1. The highest BCUT2D eigenvalue weighted by molar-refractivity contribution is 7.92. The van der Waals surface area contributed by atoms with Gasteiger partial charge in [-0.1, -0.05) is 17.7 Å². The molecule has 1 N–H and O–H groups in total. The first-order valence-electron chi connectivity index (χ1n) is 8.37. The topological polar surface area (TPSA) is 84.9 Å². The van der Waals surface area contributed by atoms with E-state index in [4.69, 9.17) is 9.47 Å². The van der Waals surface area contributed by atoms with Crippen LogP contribution in [0.3, 0.4) is 0 Å². The molecule has 2 aromatic rings. The molecule has 0 fully saturated rings. The lowest BCUT2D eigenvalue weighted by atomic mass is 10.2. The highest BCUT2D eigenvalue weighted by Gasteiger charge is 2.20. The number of nitrogens with zero attached hydrogens (tertiary/aromatic N) is 1. The SMILES string of the molecule is COc1ccc(OCCNC(=O)CN(c2ccc(C)cc2)S(C)(=O)=O)cc1. The Hall–Kier alpha value is -2.74. The summed E-state index contributed by atoms with van der Waals surface area (Å²) >= 11 is 0. The van der Waals surface area contributed by atoms with Gasteiger partial charge in [-0.25, -0.2) is 8.42 Å². The summed E-state index contributed by atoms with van der Waals surface area (Å²) in [4.78, 5) is 12.1. The van der Waals surface area contributed by atoms with E-state index in [0.717, 1.165) is 21.9 Å². The van der Waals surface area contributed by atoms with E-state index in [-0.39, 0.29) is 19.7 Å². The lowest BCUT2D eigenvalue weighted by Gasteiger charge is -2.22. The highest BCUT2D eigenvalue weighted by atomic mass is 32.2. The molecule has 0 radical (unpaired) electrons. The second kappa shape index (κ2) is 9.27. The number of rotatable bonds is 9. The summed E-state index contributed by atoms with van der Waals surface area (Å²) in [5.41, 5.74) is 1.46. The van der Waals surface area contributed by atoms with Gasteiger partial charge in [-0.2, -0.15) is 0 Å². The third-order valence-corrected chi connectivity index (χ3v) is 4.90. The summed E-state index contributed by atoms with van der Waals surface area (Å²) in [6, 6.07) is 14.0. The monoisotopic (exact) mass is 392 g/mol. The van der Waals surface area contributed by atoms with Crippen LogP contribution in [0.4, 0.5) is 5.69 Å². The molecule has 0 aliphatic heterocycles. The predicted molar refractivity (Wildman–Crippen MR) is 105 cm³/mol. The van der Waals surface area contributed by atoms with Gasteiger partial charge in [0, 0.05) is 0 Å². The van der Waals surface area contributed by atoms with Gasteiger partial charge in [0.05, 0.1) is 25.6 Å². The Labute approximate surface area is 160 Å². The normalized spacial score (nSPS) is 10.9. The fourth-order valence-corrected chi connectivity index (χ4v) is 3.19. The van der Waals surface area contributed by atoms with Crippen LogP contribution in [0.25, 0.3) is 0 Å². The third-order valence-electron chi connectivity index (χ3n) is 3.76. The van der Waals surface area contributed by atoms with Gasteiger partial charge in [-0.05, 0) is 43.3 Å². The molecule has 146 valence electrons. The Balaban J connectivity index is 1.85. The molecule has 2 aromatic carbocycles. The van der Waals surface area contributed by atoms with E-state index in [2.05, 4.69) is 5.32 Å². The molecule has 7 nitrogen and oxygen atoms in total. The minimum absolute atomic E-state index is 0.260. The number of hydrogen-bond donors (Lipinski definition) is 1. The number of carbonyl (C=O) groups is 1. The zero-order chi connectivity index (χ0) is 19.9. The quantitative estimate of drug-likeness (QED) is 0.660. The maximum absolute atomic E-state index is 12.1.